The molecule has 1 N–H and O–H groups in total. The maximum absolute atomic E-state index is 12.3. The van der Waals surface area contributed by atoms with Gasteiger partial charge in [-0.1, -0.05) is 29.8 Å². The fourth-order valence-electron chi connectivity index (χ4n) is 3.46. The first-order chi connectivity index (χ1) is 15.2. The van der Waals surface area contributed by atoms with Crippen LogP contribution in [0.5, 0.6) is 5.75 Å². The van der Waals surface area contributed by atoms with Crippen LogP contribution in [-0.4, -0.2) is 25.2 Å². The number of nitrogens with zero attached hydrogens (tertiary/aromatic N) is 2. The second kappa shape index (κ2) is 10.1. The molecule has 1 aliphatic rings. The predicted octanol–water partition coefficient (Wildman–Crippen LogP) is 5.28. The van der Waals surface area contributed by atoms with Gasteiger partial charge in [0.1, 0.15) is 12.4 Å². The van der Waals surface area contributed by atoms with Crippen molar-refractivity contribution < 1.29 is 9.53 Å². The van der Waals surface area contributed by atoms with Gasteiger partial charge < -0.3 is 9.64 Å². The summed E-state index contributed by atoms with van der Waals surface area (Å²) in [5.41, 5.74) is 6.12. The van der Waals surface area contributed by atoms with Gasteiger partial charge >= 0.3 is 0 Å². The summed E-state index contributed by atoms with van der Waals surface area (Å²) in [5, 5.41) is 4.75. The molecule has 1 saturated heterocycles. The minimum absolute atomic E-state index is 0.232. The van der Waals surface area contributed by atoms with E-state index in [9.17, 15) is 4.79 Å². The van der Waals surface area contributed by atoms with E-state index in [2.05, 4.69) is 15.4 Å². The van der Waals surface area contributed by atoms with E-state index in [0.29, 0.717) is 17.2 Å². The Hall–Kier alpha value is -3.31. The average Bonchev–Trinajstić information content (AvgIpc) is 3.34. The molecule has 6 heteroatoms. The van der Waals surface area contributed by atoms with E-state index < -0.39 is 0 Å². The van der Waals surface area contributed by atoms with Crippen LogP contribution in [-0.2, 0) is 6.61 Å². The number of nitrogens with one attached hydrogen (secondary N) is 1. The second-order valence-electron chi connectivity index (χ2n) is 7.39. The van der Waals surface area contributed by atoms with Gasteiger partial charge in [-0.05, 0) is 73.0 Å². The molecular formula is C25H24ClN3O2. The van der Waals surface area contributed by atoms with Crippen molar-refractivity contribution in [2.45, 2.75) is 19.4 Å². The molecule has 0 spiro atoms. The Bertz CT molecular complexity index is 1040. The van der Waals surface area contributed by atoms with Crippen LogP contribution < -0.4 is 15.1 Å². The fourth-order valence-corrected chi connectivity index (χ4v) is 3.65. The highest BCUT2D eigenvalue weighted by Crippen LogP contribution is 2.21. The summed E-state index contributed by atoms with van der Waals surface area (Å²) in [7, 11) is 0. The zero-order valence-corrected chi connectivity index (χ0v) is 17.9. The van der Waals surface area contributed by atoms with Gasteiger partial charge in [0.15, 0.2) is 0 Å². The largest absolute Gasteiger partial charge is 0.489 e. The minimum Gasteiger partial charge on any atom is -0.489 e. The number of hydrogen-bond acceptors (Lipinski definition) is 4. The summed E-state index contributed by atoms with van der Waals surface area (Å²) >= 11 is 6.15. The maximum atomic E-state index is 12.3. The lowest BCUT2D eigenvalue weighted by Crippen LogP contribution is -2.19. The van der Waals surface area contributed by atoms with Gasteiger partial charge in [-0.15, -0.1) is 0 Å². The van der Waals surface area contributed by atoms with E-state index in [-0.39, 0.29) is 5.91 Å². The molecule has 4 rings (SSSR count). The van der Waals surface area contributed by atoms with Crippen molar-refractivity contribution in [1.82, 2.24) is 5.43 Å². The first-order valence-electron chi connectivity index (χ1n) is 10.3. The van der Waals surface area contributed by atoms with Gasteiger partial charge in [-0.3, -0.25) is 4.79 Å². The molecule has 31 heavy (non-hydrogen) atoms. The van der Waals surface area contributed by atoms with Crippen LogP contribution in [0.15, 0.2) is 77.9 Å². The Kier molecular flexibility index (Phi) is 6.85. The molecule has 0 atom stereocenters. The second-order valence-corrected chi connectivity index (χ2v) is 7.80. The fraction of sp³-hybridized carbons (Fsp3) is 0.200. The van der Waals surface area contributed by atoms with E-state index in [0.717, 1.165) is 35.7 Å². The number of hydrogen-bond donors (Lipinski definition) is 1. The topological polar surface area (TPSA) is 53.9 Å². The van der Waals surface area contributed by atoms with Crippen LogP contribution in [0.25, 0.3) is 0 Å². The van der Waals surface area contributed by atoms with Crippen molar-refractivity contribution in [3.63, 3.8) is 0 Å². The lowest BCUT2D eigenvalue weighted by Gasteiger charge is -2.17. The molecule has 3 aromatic rings. The van der Waals surface area contributed by atoms with Crippen LogP contribution >= 0.6 is 11.6 Å². The SMILES string of the molecule is O=C(N/N=C\c1ccc(OCc2ccccc2Cl)cc1)c1ccc(N2CCCC2)cc1. The number of carbonyl (C=O) groups excluding carboxylic acids is 1. The van der Waals surface area contributed by atoms with Crippen LogP contribution in [0.1, 0.15) is 34.3 Å². The molecule has 1 amide bonds. The summed E-state index contributed by atoms with van der Waals surface area (Å²) < 4.78 is 5.77. The molecular weight excluding hydrogens is 410 g/mol. The number of carbonyl (C=O) groups is 1. The molecule has 158 valence electrons. The monoisotopic (exact) mass is 433 g/mol. The lowest BCUT2D eigenvalue weighted by atomic mass is 10.2. The lowest BCUT2D eigenvalue weighted by molar-refractivity contribution is 0.0955. The Morgan fingerprint density at radius 1 is 1.00 bits per heavy atom. The third-order valence-corrected chi connectivity index (χ3v) is 5.58. The van der Waals surface area contributed by atoms with E-state index >= 15 is 0 Å². The standard InChI is InChI=1S/C25H24ClN3O2/c26-24-6-2-1-5-21(24)18-31-23-13-7-19(8-14-23)17-27-28-25(30)20-9-11-22(12-10-20)29-15-3-4-16-29/h1-2,5-14,17H,3-4,15-16,18H2,(H,28,30)/b27-17-. The third kappa shape index (κ3) is 5.64. The van der Waals surface area contributed by atoms with Gasteiger partial charge in [0.2, 0.25) is 0 Å². The molecule has 0 aromatic heterocycles. The maximum Gasteiger partial charge on any atom is 0.271 e. The van der Waals surface area contributed by atoms with Crippen molar-refractivity contribution in [3.8, 4) is 5.75 Å². The molecule has 1 aliphatic heterocycles. The van der Waals surface area contributed by atoms with Crippen LogP contribution in [0.4, 0.5) is 5.69 Å². The normalized spacial score (nSPS) is 13.5. The minimum atomic E-state index is -0.232. The van der Waals surface area contributed by atoms with Crippen LogP contribution in [0.2, 0.25) is 5.02 Å². The zero-order chi connectivity index (χ0) is 21.5. The van der Waals surface area contributed by atoms with E-state index in [1.165, 1.54) is 12.8 Å². The number of rotatable bonds is 7. The van der Waals surface area contributed by atoms with Gasteiger partial charge in [0.25, 0.3) is 5.91 Å². The van der Waals surface area contributed by atoms with Gasteiger partial charge in [-0.25, -0.2) is 5.43 Å². The van der Waals surface area contributed by atoms with Crippen molar-refractivity contribution in [3.05, 3.63) is 94.5 Å². The zero-order valence-electron chi connectivity index (χ0n) is 17.1. The Labute approximate surface area is 187 Å². The number of benzene rings is 3. The van der Waals surface area contributed by atoms with Gasteiger partial charge in [0.05, 0.1) is 6.21 Å². The number of halogens is 1. The number of ether oxygens (including phenoxy) is 1. The first-order valence-corrected chi connectivity index (χ1v) is 10.7. The first kappa shape index (κ1) is 20.9. The Balaban J connectivity index is 1.27. The highest BCUT2D eigenvalue weighted by atomic mass is 35.5. The number of anilines is 1. The van der Waals surface area contributed by atoms with Crippen molar-refractivity contribution in [1.29, 1.82) is 0 Å². The van der Waals surface area contributed by atoms with Crippen molar-refractivity contribution >= 4 is 29.4 Å². The molecule has 0 bridgehead atoms. The average molecular weight is 434 g/mol. The molecule has 0 aliphatic carbocycles. The molecule has 0 unspecified atom stereocenters. The highest BCUT2D eigenvalue weighted by molar-refractivity contribution is 6.31. The molecule has 1 fully saturated rings. The smallest absolute Gasteiger partial charge is 0.271 e. The quantitative estimate of drug-likeness (QED) is 0.407. The Morgan fingerprint density at radius 2 is 1.71 bits per heavy atom. The molecule has 1 heterocycles. The molecule has 0 saturated carbocycles. The van der Waals surface area contributed by atoms with Gasteiger partial charge in [0, 0.05) is 34.9 Å². The van der Waals surface area contributed by atoms with E-state index in [4.69, 9.17) is 16.3 Å². The molecule has 5 nitrogen and oxygen atoms in total. The summed E-state index contributed by atoms with van der Waals surface area (Å²) in [5.74, 6) is 0.503. The summed E-state index contributed by atoms with van der Waals surface area (Å²) in [6, 6.07) is 22.7. The summed E-state index contributed by atoms with van der Waals surface area (Å²) in [6.45, 7) is 2.57. The van der Waals surface area contributed by atoms with E-state index in [1.54, 1.807) is 6.21 Å². The van der Waals surface area contributed by atoms with Crippen molar-refractivity contribution in [2.24, 2.45) is 5.10 Å². The number of hydrazone groups is 1. The predicted molar refractivity (Wildman–Crippen MR) is 125 cm³/mol. The van der Waals surface area contributed by atoms with Crippen molar-refractivity contribution in [2.75, 3.05) is 18.0 Å². The number of amides is 1. The molecule has 3 aromatic carbocycles. The third-order valence-electron chi connectivity index (χ3n) is 5.21. The summed E-state index contributed by atoms with van der Waals surface area (Å²) in [6.07, 6.45) is 4.06. The highest BCUT2D eigenvalue weighted by Gasteiger charge is 2.12. The summed E-state index contributed by atoms with van der Waals surface area (Å²) in [4.78, 5) is 14.6. The van der Waals surface area contributed by atoms with Crippen LogP contribution in [0, 0.1) is 0 Å². The molecule has 0 radical (unpaired) electrons. The Morgan fingerprint density at radius 3 is 2.42 bits per heavy atom. The van der Waals surface area contributed by atoms with Gasteiger partial charge in [-0.2, -0.15) is 5.10 Å². The van der Waals surface area contributed by atoms with Crippen LogP contribution in [0.3, 0.4) is 0 Å². The van der Waals surface area contributed by atoms with E-state index in [1.807, 2.05) is 72.8 Å².